The first kappa shape index (κ1) is 9.20. The van der Waals surface area contributed by atoms with Crippen LogP contribution < -0.4 is 5.11 Å². The molecule has 0 unspecified atom stereocenters. The number of rotatable bonds is 2. The largest absolute Gasteiger partial charge is 0.543 e. The van der Waals surface area contributed by atoms with Crippen molar-refractivity contribution >= 4 is 22.6 Å². The quantitative estimate of drug-likeness (QED) is 0.567. The maximum atomic E-state index is 10.5. The molecule has 1 aromatic heterocycles. The summed E-state index contributed by atoms with van der Waals surface area (Å²) in [6.07, 6.45) is 0. The number of aromatic amines is 1. The van der Waals surface area contributed by atoms with Gasteiger partial charge in [-0.25, -0.2) is 0 Å². The first-order valence-corrected chi connectivity index (χ1v) is 4.06. The van der Waals surface area contributed by atoms with Crippen molar-refractivity contribution in [2.75, 3.05) is 0 Å². The Bertz CT molecular complexity index is 546. The van der Waals surface area contributed by atoms with E-state index in [-0.39, 0.29) is 11.4 Å². The molecule has 0 aliphatic carbocycles. The Morgan fingerprint density at radius 1 is 1.33 bits per heavy atom. The molecule has 0 aliphatic rings. The number of aromatic carboxylic acids is 1. The van der Waals surface area contributed by atoms with Crippen LogP contribution in [0, 0.1) is 10.1 Å². The zero-order valence-corrected chi connectivity index (χ0v) is 7.39. The molecular formula is C9H5N2O4-. The van der Waals surface area contributed by atoms with Gasteiger partial charge in [0.2, 0.25) is 0 Å². The predicted molar refractivity (Wildman–Crippen MR) is 49.3 cm³/mol. The van der Waals surface area contributed by atoms with Crippen LogP contribution in [0.2, 0.25) is 0 Å². The van der Waals surface area contributed by atoms with Crippen LogP contribution in [0.3, 0.4) is 0 Å². The van der Waals surface area contributed by atoms with Crippen molar-refractivity contribution in [3.8, 4) is 0 Å². The molecule has 0 amide bonds. The molecule has 0 atom stereocenters. The Hall–Kier alpha value is -2.37. The number of aromatic nitrogens is 1. The van der Waals surface area contributed by atoms with Crippen molar-refractivity contribution in [2.24, 2.45) is 0 Å². The van der Waals surface area contributed by atoms with Crippen LogP contribution in [0.4, 0.5) is 5.69 Å². The van der Waals surface area contributed by atoms with Gasteiger partial charge in [-0.2, -0.15) is 0 Å². The van der Waals surface area contributed by atoms with Gasteiger partial charge in [0.1, 0.15) is 0 Å². The lowest BCUT2D eigenvalue weighted by atomic mass is 10.2. The van der Waals surface area contributed by atoms with Crippen LogP contribution in [0.25, 0.3) is 10.9 Å². The van der Waals surface area contributed by atoms with Gasteiger partial charge in [-0.1, -0.05) is 0 Å². The van der Waals surface area contributed by atoms with Crippen molar-refractivity contribution < 1.29 is 14.8 Å². The lowest BCUT2D eigenvalue weighted by Gasteiger charge is -1.94. The van der Waals surface area contributed by atoms with Gasteiger partial charge >= 0.3 is 0 Å². The smallest absolute Gasteiger partial charge is 0.271 e. The number of carbonyl (C=O) groups is 1. The summed E-state index contributed by atoms with van der Waals surface area (Å²) in [7, 11) is 0. The molecule has 0 saturated heterocycles. The van der Waals surface area contributed by atoms with Gasteiger partial charge in [0.15, 0.2) is 0 Å². The van der Waals surface area contributed by atoms with Crippen LogP contribution in [-0.4, -0.2) is 15.9 Å². The summed E-state index contributed by atoms with van der Waals surface area (Å²) in [5, 5.41) is 21.6. The maximum absolute atomic E-state index is 10.5. The number of nitrogens with one attached hydrogen (secondary N) is 1. The molecule has 0 spiro atoms. The molecule has 6 heteroatoms. The molecule has 1 N–H and O–H groups in total. The van der Waals surface area contributed by atoms with Gasteiger partial charge < -0.3 is 14.9 Å². The topological polar surface area (TPSA) is 99.1 Å². The number of carbonyl (C=O) groups excluding carboxylic acids is 1. The second-order valence-electron chi connectivity index (χ2n) is 3.00. The fourth-order valence-electron chi connectivity index (χ4n) is 1.34. The Balaban J connectivity index is 2.62. The number of carboxylic acid groups (broad SMARTS) is 1. The summed E-state index contributed by atoms with van der Waals surface area (Å²) in [5.74, 6) is -1.34. The molecule has 6 nitrogen and oxygen atoms in total. The van der Waals surface area contributed by atoms with Crippen molar-refractivity contribution in [1.82, 2.24) is 4.98 Å². The number of H-pyrrole nitrogens is 1. The molecular weight excluding hydrogens is 200 g/mol. The van der Waals surface area contributed by atoms with Gasteiger partial charge in [-0.3, -0.25) is 10.1 Å². The molecule has 0 bridgehead atoms. The van der Waals surface area contributed by atoms with E-state index in [0.29, 0.717) is 10.9 Å². The number of non-ortho nitro benzene ring substituents is 1. The van der Waals surface area contributed by atoms with E-state index in [9.17, 15) is 20.0 Å². The zero-order valence-electron chi connectivity index (χ0n) is 7.39. The summed E-state index contributed by atoms with van der Waals surface area (Å²) >= 11 is 0. The zero-order chi connectivity index (χ0) is 11.0. The van der Waals surface area contributed by atoms with E-state index in [2.05, 4.69) is 4.98 Å². The number of nitro groups is 1. The van der Waals surface area contributed by atoms with Gasteiger partial charge in [0.05, 0.1) is 22.1 Å². The second-order valence-corrected chi connectivity index (χ2v) is 3.00. The van der Waals surface area contributed by atoms with Crippen molar-refractivity contribution in [3.63, 3.8) is 0 Å². The average molecular weight is 205 g/mol. The highest BCUT2D eigenvalue weighted by atomic mass is 16.6. The molecule has 15 heavy (non-hydrogen) atoms. The summed E-state index contributed by atoms with van der Waals surface area (Å²) in [6, 6.07) is 5.45. The van der Waals surface area contributed by atoms with Crippen molar-refractivity contribution in [1.29, 1.82) is 0 Å². The van der Waals surface area contributed by atoms with Crippen LogP contribution >= 0.6 is 0 Å². The summed E-state index contributed by atoms with van der Waals surface area (Å²) in [4.78, 5) is 22.9. The van der Waals surface area contributed by atoms with Gasteiger partial charge in [0.25, 0.3) is 5.69 Å². The van der Waals surface area contributed by atoms with Gasteiger partial charge in [0, 0.05) is 17.5 Å². The van der Waals surface area contributed by atoms with E-state index < -0.39 is 10.9 Å². The Morgan fingerprint density at radius 3 is 2.67 bits per heavy atom. The number of carboxylic acids is 1. The lowest BCUT2D eigenvalue weighted by molar-refractivity contribution is -0.384. The van der Waals surface area contributed by atoms with Gasteiger partial charge in [-0.05, 0) is 12.1 Å². The number of hydrogen-bond donors (Lipinski definition) is 1. The standard InChI is InChI=1S/C9H6N2O4/c12-9(13)8-3-5-1-2-6(11(14)15)4-7(5)10-8/h1-4,10H,(H,12,13)/p-1. The van der Waals surface area contributed by atoms with Gasteiger partial charge in [-0.15, -0.1) is 0 Å². The highest BCUT2D eigenvalue weighted by Gasteiger charge is 2.08. The normalized spacial score (nSPS) is 10.4. The summed E-state index contributed by atoms with van der Waals surface area (Å²) in [5.41, 5.74) is 0.225. The predicted octanol–water partition coefficient (Wildman–Crippen LogP) is 0.440. The van der Waals surface area contributed by atoms with Crippen molar-refractivity contribution in [3.05, 3.63) is 40.1 Å². The van der Waals surface area contributed by atoms with Crippen LogP contribution in [-0.2, 0) is 0 Å². The SMILES string of the molecule is O=C([O-])c1cc2ccc([N+](=O)[O-])cc2[nH]1. The lowest BCUT2D eigenvalue weighted by Crippen LogP contribution is -2.22. The Kier molecular flexibility index (Phi) is 1.89. The van der Waals surface area contributed by atoms with Crippen LogP contribution in [0.15, 0.2) is 24.3 Å². The molecule has 1 aromatic carbocycles. The number of nitrogens with zero attached hydrogens (tertiary/aromatic N) is 1. The summed E-state index contributed by atoms with van der Waals surface area (Å²) < 4.78 is 0. The number of fused-ring (bicyclic) bond motifs is 1. The minimum atomic E-state index is -1.34. The van der Waals surface area contributed by atoms with Crippen molar-refractivity contribution in [2.45, 2.75) is 0 Å². The third kappa shape index (κ3) is 1.52. The molecule has 76 valence electrons. The number of hydrogen-bond acceptors (Lipinski definition) is 4. The monoisotopic (exact) mass is 205 g/mol. The molecule has 0 fully saturated rings. The van der Waals surface area contributed by atoms with Crippen LogP contribution in [0.5, 0.6) is 0 Å². The fraction of sp³-hybridized carbons (Fsp3) is 0. The molecule has 1 heterocycles. The average Bonchev–Trinajstić information content (AvgIpc) is 2.59. The molecule has 0 saturated carbocycles. The van der Waals surface area contributed by atoms with E-state index in [4.69, 9.17) is 0 Å². The van der Waals surface area contributed by atoms with E-state index in [1.54, 1.807) is 0 Å². The van der Waals surface area contributed by atoms with E-state index in [1.807, 2.05) is 0 Å². The first-order chi connectivity index (χ1) is 7.08. The number of benzene rings is 1. The Labute approximate surface area is 83.3 Å². The molecule has 0 radical (unpaired) electrons. The van der Waals surface area contributed by atoms with E-state index in [0.717, 1.165) is 0 Å². The maximum Gasteiger partial charge on any atom is 0.271 e. The third-order valence-electron chi connectivity index (χ3n) is 2.04. The highest BCUT2D eigenvalue weighted by Crippen LogP contribution is 2.20. The first-order valence-electron chi connectivity index (χ1n) is 4.06. The minimum Gasteiger partial charge on any atom is -0.543 e. The Morgan fingerprint density at radius 2 is 2.07 bits per heavy atom. The minimum absolute atomic E-state index is 0.0887. The fourth-order valence-corrected chi connectivity index (χ4v) is 1.34. The second kappa shape index (κ2) is 3.09. The molecule has 2 rings (SSSR count). The summed E-state index contributed by atoms with van der Waals surface area (Å²) in [6.45, 7) is 0. The molecule has 0 aliphatic heterocycles. The van der Waals surface area contributed by atoms with E-state index in [1.165, 1.54) is 24.3 Å². The number of nitro benzene ring substituents is 1. The highest BCUT2D eigenvalue weighted by molar-refractivity contribution is 5.93. The third-order valence-corrected chi connectivity index (χ3v) is 2.04. The van der Waals surface area contributed by atoms with E-state index >= 15 is 0 Å². The van der Waals surface area contributed by atoms with Crippen LogP contribution in [0.1, 0.15) is 10.5 Å². The molecule has 2 aromatic rings.